The van der Waals surface area contributed by atoms with E-state index in [9.17, 15) is 13.2 Å². The van der Waals surface area contributed by atoms with Gasteiger partial charge in [0, 0.05) is 55.2 Å². The van der Waals surface area contributed by atoms with E-state index in [4.69, 9.17) is 21.6 Å². The molecule has 7 nitrogen and oxygen atoms in total. The third kappa shape index (κ3) is 6.44. The second kappa shape index (κ2) is 11.5. The number of nitrogens with one attached hydrogen (secondary N) is 1. The third-order valence-electron chi connectivity index (χ3n) is 6.85. The van der Waals surface area contributed by atoms with E-state index in [1.807, 2.05) is 30.5 Å². The lowest BCUT2D eigenvalue weighted by atomic mass is 10.1. The molecule has 1 saturated heterocycles. The average Bonchev–Trinajstić information content (AvgIpc) is 3.34. The molecule has 0 amide bonds. The molecule has 11 heteroatoms. The van der Waals surface area contributed by atoms with Gasteiger partial charge in [-0.3, -0.25) is 4.90 Å². The van der Waals surface area contributed by atoms with Gasteiger partial charge in [-0.2, -0.15) is 23.4 Å². The van der Waals surface area contributed by atoms with Crippen LogP contribution in [0.2, 0.25) is 5.02 Å². The molecule has 5 rings (SSSR count). The Morgan fingerprint density at radius 3 is 2.62 bits per heavy atom. The number of nitriles is 1. The standard InChI is InChI=1S/C28H26ClF3N6O/c29-23-16-21(5-7-25(23)39-27-34-9-8-26(36-27)28(30,31)32)38-13-11-37(12-14-38)10-2-1-3-20-18-35-24-6-4-19(17-33)15-22(20)24/h4-9,15-16,18,35H,1-3,10-14H2. The first-order valence-corrected chi connectivity index (χ1v) is 13.0. The summed E-state index contributed by atoms with van der Waals surface area (Å²) in [6.45, 7) is 4.54. The van der Waals surface area contributed by atoms with Gasteiger partial charge in [0.05, 0.1) is 16.7 Å². The molecule has 0 atom stereocenters. The summed E-state index contributed by atoms with van der Waals surface area (Å²) in [4.78, 5) is 15.1. The van der Waals surface area contributed by atoms with Crippen LogP contribution in [0.3, 0.4) is 0 Å². The van der Waals surface area contributed by atoms with Crippen molar-refractivity contribution in [2.75, 3.05) is 37.6 Å². The fourth-order valence-electron chi connectivity index (χ4n) is 4.75. The highest BCUT2D eigenvalue weighted by atomic mass is 35.5. The number of hydrogen-bond donors (Lipinski definition) is 1. The summed E-state index contributed by atoms with van der Waals surface area (Å²) < 4.78 is 44.1. The Kier molecular flexibility index (Phi) is 7.91. The smallest absolute Gasteiger partial charge is 0.423 e. The van der Waals surface area contributed by atoms with Crippen molar-refractivity contribution in [2.24, 2.45) is 0 Å². The molecule has 202 valence electrons. The SMILES string of the molecule is N#Cc1ccc2[nH]cc(CCCCN3CCN(c4ccc(Oc5nccc(C(F)(F)F)n5)c(Cl)c4)CC3)c2c1. The highest BCUT2D eigenvalue weighted by molar-refractivity contribution is 6.32. The Bertz CT molecular complexity index is 1490. The maximum absolute atomic E-state index is 12.9. The average molecular weight is 555 g/mol. The number of H-pyrrole nitrogens is 1. The van der Waals surface area contributed by atoms with Gasteiger partial charge in [-0.25, -0.2) is 4.98 Å². The Balaban J connectivity index is 1.09. The van der Waals surface area contributed by atoms with Gasteiger partial charge < -0.3 is 14.6 Å². The summed E-state index contributed by atoms with van der Waals surface area (Å²) in [6, 6.07) is 13.5. The normalized spacial score (nSPS) is 14.5. The number of halogens is 4. The van der Waals surface area contributed by atoms with Gasteiger partial charge in [-0.15, -0.1) is 0 Å². The Labute approximate surface area is 228 Å². The second-order valence-electron chi connectivity index (χ2n) is 9.41. The lowest BCUT2D eigenvalue weighted by Crippen LogP contribution is -2.46. The number of nitrogens with zero attached hydrogens (tertiary/aromatic N) is 5. The van der Waals surface area contributed by atoms with Gasteiger partial charge in [-0.05, 0) is 73.8 Å². The zero-order chi connectivity index (χ0) is 27.4. The van der Waals surface area contributed by atoms with Crippen molar-refractivity contribution in [3.05, 3.63) is 76.7 Å². The van der Waals surface area contributed by atoms with Crippen molar-refractivity contribution in [3.63, 3.8) is 0 Å². The maximum atomic E-state index is 12.9. The molecule has 2 aromatic carbocycles. The van der Waals surface area contributed by atoms with Crippen LogP contribution in [0.5, 0.6) is 11.8 Å². The third-order valence-corrected chi connectivity index (χ3v) is 7.14. The number of unbranched alkanes of at least 4 members (excludes halogenated alkanes) is 1. The van der Waals surface area contributed by atoms with Crippen LogP contribution in [0, 0.1) is 11.3 Å². The number of aromatic nitrogens is 3. The minimum absolute atomic E-state index is 0.192. The van der Waals surface area contributed by atoms with E-state index >= 15 is 0 Å². The Morgan fingerprint density at radius 1 is 1.05 bits per heavy atom. The summed E-state index contributed by atoms with van der Waals surface area (Å²) in [5.74, 6) is 0.192. The van der Waals surface area contributed by atoms with E-state index < -0.39 is 17.9 Å². The zero-order valence-electron chi connectivity index (χ0n) is 21.0. The molecule has 0 spiro atoms. The molecule has 0 aliphatic carbocycles. The maximum Gasteiger partial charge on any atom is 0.433 e. The van der Waals surface area contributed by atoms with E-state index in [0.717, 1.165) is 80.8 Å². The molecular weight excluding hydrogens is 529 g/mol. The van der Waals surface area contributed by atoms with Crippen molar-refractivity contribution in [1.82, 2.24) is 19.9 Å². The van der Waals surface area contributed by atoms with Crippen molar-refractivity contribution in [1.29, 1.82) is 5.26 Å². The summed E-state index contributed by atoms with van der Waals surface area (Å²) in [5.41, 5.74) is 2.83. The quantitative estimate of drug-likeness (QED) is 0.252. The predicted octanol–water partition coefficient (Wildman–Crippen LogP) is 6.44. The molecule has 0 unspecified atom stereocenters. The van der Waals surface area contributed by atoms with E-state index in [1.54, 1.807) is 12.1 Å². The van der Waals surface area contributed by atoms with E-state index in [-0.39, 0.29) is 10.8 Å². The summed E-state index contributed by atoms with van der Waals surface area (Å²) in [6.07, 6.45) is 1.57. The molecule has 39 heavy (non-hydrogen) atoms. The van der Waals surface area contributed by atoms with Gasteiger partial charge in [0.25, 0.3) is 0 Å². The van der Waals surface area contributed by atoms with Crippen LogP contribution in [0.15, 0.2) is 54.9 Å². The number of rotatable bonds is 8. The van der Waals surface area contributed by atoms with Crippen molar-refractivity contribution in [3.8, 4) is 17.8 Å². The zero-order valence-corrected chi connectivity index (χ0v) is 21.8. The highest BCUT2D eigenvalue weighted by Gasteiger charge is 2.33. The number of fused-ring (bicyclic) bond motifs is 1. The van der Waals surface area contributed by atoms with Crippen LogP contribution in [0.4, 0.5) is 18.9 Å². The van der Waals surface area contributed by atoms with Crippen molar-refractivity contribution >= 4 is 28.2 Å². The molecule has 3 heterocycles. The molecule has 0 saturated carbocycles. The summed E-state index contributed by atoms with van der Waals surface area (Å²) in [7, 11) is 0. The van der Waals surface area contributed by atoms with Crippen LogP contribution in [0.1, 0.15) is 29.7 Å². The lowest BCUT2D eigenvalue weighted by Gasteiger charge is -2.36. The minimum Gasteiger partial charge on any atom is -0.423 e. The number of piperazine rings is 1. The Morgan fingerprint density at radius 2 is 1.87 bits per heavy atom. The van der Waals surface area contributed by atoms with Crippen LogP contribution in [0.25, 0.3) is 10.9 Å². The first-order chi connectivity index (χ1) is 18.8. The molecule has 1 aliphatic rings. The first kappa shape index (κ1) is 26.8. The Hall–Kier alpha value is -3.81. The van der Waals surface area contributed by atoms with E-state index in [2.05, 4.69) is 30.8 Å². The number of alkyl halides is 3. The van der Waals surface area contributed by atoms with Crippen LogP contribution in [-0.2, 0) is 12.6 Å². The number of aromatic amines is 1. The second-order valence-corrected chi connectivity index (χ2v) is 9.82. The lowest BCUT2D eigenvalue weighted by molar-refractivity contribution is -0.141. The van der Waals surface area contributed by atoms with Crippen molar-refractivity contribution in [2.45, 2.75) is 25.4 Å². The van der Waals surface area contributed by atoms with Crippen molar-refractivity contribution < 1.29 is 17.9 Å². The van der Waals surface area contributed by atoms with Gasteiger partial charge in [0.2, 0.25) is 0 Å². The number of benzene rings is 2. The monoisotopic (exact) mass is 554 g/mol. The van der Waals surface area contributed by atoms with E-state index in [1.165, 1.54) is 5.56 Å². The predicted molar refractivity (Wildman–Crippen MR) is 143 cm³/mol. The number of aryl methyl sites for hydroxylation is 1. The molecule has 0 radical (unpaired) electrons. The molecule has 2 aromatic heterocycles. The largest absolute Gasteiger partial charge is 0.433 e. The summed E-state index contributed by atoms with van der Waals surface area (Å²) >= 11 is 6.38. The van der Waals surface area contributed by atoms with Crippen LogP contribution < -0.4 is 9.64 Å². The first-order valence-electron chi connectivity index (χ1n) is 12.7. The van der Waals surface area contributed by atoms with Gasteiger partial charge >= 0.3 is 12.2 Å². The number of ether oxygens (including phenoxy) is 1. The van der Waals surface area contributed by atoms with Gasteiger partial charge in [0.15, 0.2) is 5.69 Å². The molecular formula is C28H26ClF3N6O. The fraction of sp³-hybridized carbons (Fsp3) is 0.321. The number of anilines is 1. The molecule has 1 aliphatic heterocycles. The van der Waals surface area contributed by atoms with E-state index in [0.29, 0.717) is 5.56 Å². The number of hydrogen-bond acceptors (Lipinski definition) is 6. The fourth-order valence-corrected chi connectivity index (χ4v) is 4.96. The topological polar surface area (TPSA) is 81.1 Å². The van der Waals surface area contributed by atoms with Gasteiger partial charge in [-0.1, -0.05) is 11.6 Å². The molecule has 1 N–H and O–H groups in total. The molecule has 4 aromatic rings. The minimum atomic E-state index is -4.59. The molecule has 0 bridgehead atoms. The highest BCUT2D eigenvalue weighted by Crippen LogP contribution is 2.34. The molecule has 1 fully saturated rings. The van der Waals surface area contributed by atoms with Gasteiger partial charge in [0.1, 0.15) is 5.75 Å². The van der Waals surface area contributed by atoms with Crippen LogP contribution in [-0.4, -0.2) is 52.6 Å². The summed E-state index contributed by atoms with van der Waals surface area (Å²) in [5, 5.41) is 10.6. The van der Waals surface area contributed by atoms with Crippen LogP contribution >= 0.6 is 11.6 Å².